The van der Waals surface area contributed by atoms with Crippen molar-refractivity contribution in [3.63, 3.8) is 0 Å². The molecule has 4 heteroatoms. The molecule has 0 aromatic rings. The van der Waals surface area contributed by atoms with Gasteiger partial charge < -0.3 is 9.80 Å². The lowest BCUT2D eigenvalue weighted by Crippen LogP contribution is -2.49. The minimum Gasteiger partial charge on any atom is -0.342 e. The van der Waals surface area contributed by atoms with Crippen molar-refractivity contribution in [2.75, 3.05) is 19.6 Å². The molecule has 0 radical (unpaired) electrons. The Hall–Kier alpha value is -1.06. The molecule has 2 fully saturated rings. The highest BCUT2D eigenvalue weighted by molar-refractivity contribution is 5.82. The third-order valence-corrected chi connectivity index (χ3v) is 4.93. The van der Waals surface area contributed by atoms with Gasteiger partial charge in [0.1, 0.15) is 0 Å². The number of carbonyl (C=O) groups is 2. The van der Waals surface area contributed by atoms with Gasteiger partial charge in [0.15, 0.2) is 0 Å². The lowest BCUT2D eigenvalue weighted by molar-refractivity contribution is -0.143. The molecule has 2 aliphatic rings. The van der Waals surface area contributed by atoms with Gasteiger partial charge in [-0.15, -0.1) is 0 Å². The molecular formula is C17H30N2O2. The number of nitrogens with zero attached hydrogens (tertiary/aromatic N) is 2. The zero-order chi connectivity index (χ0) is 15.6. The fourth-order valence-electron chi connectivity index (χ4n) is 3.74. The molecule has 2 aliphatic heterocycles. The topological polar surface area (TPSA) is 40.6 Å². The van der Waals surface area contributed by atoms with E-state index in [-0.39, 0.29) is 23.7 Å². The van der Waals surface area contributed by atoms with E-state index in [1.54, 1.807) is 0 Å². The summed E-state index contributed by atoms with van der Waals surface area (Å²) in [5, 5.41) is 0. The van der Waals surface area contributed by atoms with E-state index >= 15 is 0 Å². The summed E-state index contributed by atoms with van der Waals surface area (Å²) < 4.78 is 0. The van der Waals surface area contributed by atoms with Crippen LogP contribution in [-0.4, -0.2) is 47.3 Å². The first-order valence-corrected chi connectivity index (χ1v) is 8.51. The quantitative estimate of drug-likeness (QED) is 0.802. The van der Waals surface area contributed by atoms with Crippen LogP contribution in [0.5, 0.6) is 0 Å². The molecule has 2 saturated heterocycles. The summed E-state index contributed by atoms with van der Waals surface area (Å²) in [7, 11) is 0. The summed E-state index contributed by atoms with van der Waals surface area (Å²) in [6.07, 6.45) is 4.14. The maximum atomic E-state index is 12.8. The van der Waals surface area contributed by atoms with Crippen LogP contribution in [0.15, 0.2) is 0 Å². The Morgan fingerprint density at radius 1 is 1.00 bits per heavy atom. The summed E-state index contributed by atoms with van der Waals surface area (Å²) in [5.41, 5.74) is 0. The molecule has 4 nitrogen and oxygen atoms in total. The lowest BCUT2D eigenvalue weighted by atomic mass is 9.94. The summed E-state index contributed by atoms with van der Waals surface area (Å²) >= 11 is 0. The Balaban J connectivity index is 2.00. The van der Waals surface area contributed by atoms with E-state index in [0.717, 1.165) is 38.8 Å². The Kier molecular flexibility index (Phi) is 5.28. The second-order valence-corrected chi connectivity index (χ2v) is 7.26. The average molecular weight is 294 g/mol. The molecule has 0 bridgehead atoms. The number of carbonyl (C=O) groups excluding carboxylic acids is 2. The van der Waals surface area contributed by atoms with Crippen molar-refractivity contribution in [1.82, 2.24) is 9.80 Å². The molecule has 0 aromatic carbocycles. The van der Waals surface area contributed by atoms with Gasteiger partial charge in [-0.1, -0.05) is 27.7 Å². The molecule has 0 unspecified atom stereocenters. The van der Waals surface area contributed by atoms with E-state index in [9.17, 15) is 9.59 Å². The molecule has 2 amide bonds. The molecule has 0 saturated carbocycles. The second-order valence-electron chi connectivity index (χ2n) is 7.26. The standard InChI is InChI=1S/C17H30N2O2/c1-12(2)15-8-6-10-19(15)17(21)14-7-5-9-18(11-14)16(20)13(3)4/h12-15H,5-11H2,1-4H3/t14-,15-/m1/s1. The van der Waals surface area contributed by atoms with E-state index in [1.807, 2.05) is 18.7 Å². The van der Waals surface area contributed by atoms with Gasteiger partial charge >= 0.3 is 0 Å². The highest BCUT2D eigenvalue weighted by Crippen LogP contribution is 2.28. The predicted octanol–water partition coefficient (Wildman–Crippen LogP) is 2.53. The van der Waals surface area contributed by atoms with Crippen molar-refractivity contribution in [3.8, 4) is 0 Å². The van der Waals surface area contributed by atoms with E-state index in [2.05, 4.69) is 18.7 Å². The minimum absolute atomic E-state index is 0.0146. The second kappa shape index (κ2) is 6.80. The number of piperidine rings is 1. The SMILES string of the molecule is CC(C)C(=O)N1CCC[C@@H](C(=O)N2CCC[C@@H]2C(C)C)C1. The van der Waals surface area contributed by atoms with Crippen LogP contribution in [0.2, 0.25) is 0 Å². The van der Waals surface area contributed by atoms with Crippen LogP contribution in [0, 0.1) is 17.8 Å². The molecular weight excluding hydrogens is 264 g/mol. The van der Waals surface area contributed by atoms with Crippen LogP contribution in [0.25, 0.3) is 0 Å². The lowest BCUT2D eigenvalue weighted by Gasteiger charge is -2.37. The van der Waals surface area contributed by atoms with E-state index in [4.69, 9.17) is 0 Å². The molecule has 0 N–H and O–H groups in total. The van der Waals surface area contributed by atoms with Crippen LogP contribution in [0.4, 0.5) is 0 Å². The average Bonchev–Trinajstić information content (AvgIpc) is 2.95. The Morgan fingerprint density at radius 3 is 2.29 bits per heavy atom. The van der Waals surface area contributed by atoms with Crippen LogP contribution >= 0.6 is 0 Å². The molecule has 21 heavy (non-hydrogen) atoms. The Bertz CT molecular complexity index is 392. The van der Waals surface area contributed by atoms with Crippen molar-refractivity contribution < 1.29 is 9.59 Å². The van der Waals surface area contributed by atoms with Crippen molar-refractivity contribution in [2.45, 2.75) is 59.4 Å². The van der Waals surface area contributed by atoms with Gasteiger partial charge in [0, 0.05) is 31.6 Å². The largest absolute Gasteiger partial charge is 0.342 e. The van der Waals surface area contributed by atoms with Crippen LogP contribution in [-0.2, 0) is 9.59 Å². The molecule has 0 aromatic heterocycles. The van der Waals surface area contributed by atoms with Crippen molar-refractivity contribution in [3.05, 3.63) is 0 Å². The molecule has 2 atom stereocenters. The number of hydrogen-bond acceptors (Lipinski definition) is 2. The number of amides is 2. The van der Waals surface area contributed by atoms with E-state index in [0.29, 0.717) is 18.5 Å². The van der Waals surface area contributed by atoms with E-state index in [1.165, 1.54) is 0 Å². The zero-order valence-electron chi connectivity index (χ0n) is 14.0. The zero-order valence-corrected chi connectivity index (χ0v) is 14.0. The Morgan fingerprint density at radius 2 is 1.67 bits per heavy atom. The smallest absolute Gasteiger partial charge is 0.227 e. The molecule has 0 aliphatic carbocycles. The highest BCUT2D eigenvalue weighted by atomic mass is 16.2. The fourth-order valence-corrected chi connectivity index (χ4v) is 3.74. The molecule has 2 heterocycles. The third kappa shape index (κ3) is 3.58. The maximum Gasteiger partial charge on any atom is 0.227 e. The summed E-state index contributed by atoms with van der Waals surface area (Å²) in [6, 6.07) is 0.397. The van der Waals surface area contributed by atoms with Gasteiger partial charge in [0.2, 0.25) is 11.8 Å². The number of rotatable bonds is 3. The fraction of sp³-hybridized carbons (Fsp3) is 0.882. The summed E-state index contributed by atoms with van der Waals surface area (Å²) in [5.74, 6) is 1.03. The van der Waals surface area contributed by atoms with Crippen molar-refractivity contribution in [2.24, 2.45) is 17.8 Å². The molecule has 0 spiro atoms. The van der Waals surface area contributed by atoms with Crippen molar-refractivity contribution >= 4 is 11.8 Å². The van der Waals surface area contributed by atoms with Crippen molar-refractivity contribution in [1.29, 1.82) is 0 Å². The monoisotopic (exact) mass is 294 g/mol. The number of hydrogen-bond donors (Lipinski definition) is 0. The highest BCUT2D eigenvalue weighted by Gasteiger charge is 2.37. The normalized spacial score (nSPS) is 26.8. The van der Waals surface area contributed by atoms with Gasteiger partial charge in [-0.2, -0.15) is 0 Å². The summed E-state index contributed by atoms with van der Waals surface area (Å²) in [4.78, 5) is 29.0. The van der Waals surface area contributed by atoms with Crippen LogP contribution < -0.4 is 0 Å². The van der Waals surface area contributed by atoms with Gasteiger partial charge in [-0.05, 0) is 31.6 Å². The first-order chi connectivity index (χ1) is 9.91. The number of likely N-dealkylation sites (tertiary alicyclic amines) is 2. The molecule has 120 valence electrons. The first-order valence-electron chi connectivity index (χ1n) is 8.51. The first kappa shape index (κ1) is 16.3. The van der Waals surface area contributed by atoms with Gasteiger partial charge in [0.25, 0.3) is 0 Å². The minimum atomic E-state index is 0.0146. The van der Waals surface area contributed by atoms with Gasteiger partial charge in [0.05, 0.1) is 5.92 Å². The van der Waals surface area contributed by atoms with Gasteiger partial charge in [-0.25, -0.2) is 0 Å². The summed E-state index contributed by atoms with van der Waals surface area (Å²) in [6.45, 7) is 10.6. The third-order valence-electron chi connectivity index (χ3n) is 4.93. The van der Waals surface area contributed by atoms with Crippen LogP contribution in [0.1, 0.15) is 53.4 Å². The Labute approximate surface area is 128 Å². The molecule has 2 rings (SSSR count). The van der Waals surface area contributed by atoms with Gasteiger partial charge in [-0.3, -0.25) is 9.59 Å². The maximum absolute atomic E-state index is 12.8. The predicted molar refractivity (Wildman–Crippen MR) is 83.7 cm³/mol. The van der Waals surface area contributed by atoms with Crippen LogP contribution in [0.3, 0.4) is 0 Å². The van der Waals surface area contributed by atoms with E-state index < -0.39 is 0 Å².